The molecule has 10 N–H and O–H groups in total. The molecule has 3 amide bonds. The van der Waals surface area contributed by atoms with Crippen molar-refractivity contribution in [1.82, 2.24) is 20.9 Å². The maximum Gasteiger partial charge on any atom is 0.326 e. The number of fused-ring (bicyclic) bond motifs is 1. The third kappa shape index (κ3) is 10.2. The van der Waals surface area contributed by atoms with Crippen LogP contribution in [0.25, 0.3) is 10.9 Å². The molecule has 0 aliphatic heterocycles. The van der Waals surface area contributed by atoms with E-state index in [1.165, 1.54) is 0 Å². The third-order valence-corrected chi connectivity index (χ3v) is 6.01. The van der Waals surface area contributed by atoms with Gasteiger partial charge in [-0.1, -0.05) is 18.2 Å². The topological polar surface area (TPSA) is 278 Å². The number of aromatic amines is 1. The van der Waals surface area contributed by atoms with Gasteiger partial charge in [0.25, 0.3) is 0 Å². The first kappa shape index (κ1) is 32.2. The lowest BCUT2D eigenvalue weighted by molar-refractivity contribution is -0.144. The van der Waals surface area contributed by atoms with Crippen LogP contribution >= 0.6 is 0 Å². The van der Waals surface area contributed by atoms with Gasteiger partial charge in [-0.05, 0) is 24.5 Å². The number of hydrogen-bond donors (Lipinski definition) is 9. The highest BCUT2D eigenvalue weighted by Gasteiger charge is 2.32. The molecule has 16 heteroatoms. The molecule has 0 fully saturated rings. The minimum atomic E-state index is -1.73. The van der Waals surface area contributed by atoms with Crippen molar-refractivity contribution in [3.05, 3.63) is 36.0 Å². The number of carbonyl (C=O) groups is 7. The second kappa shape index (κ2) is 15.0. The molecule has 0 saturated heterocycles. The molecular formula is C25H31N5O11. The van der Waals surface area contributed by atoms with Crippen molar-refractivity contribution in [2.45, 2.75) is 62.7 Å². The summed E-state index contributed by atoms with van der Waals surface area (Å²) in [6.07, 6.45) is -1.31. The van der Waals surface area contributed by atoms with Crippen LogP contribution in [0.2, 0.25) is 0 Å². The summed E-state index contributed by atoms with van der Waals surface area (Å²) >= 11 is 0. The van der Waals surface area contributed by atoms with Gasteiger partial charge in [0.05, 0.1) is 12.5 Å². The number of H-pyrrole nitrogens is 1. The van der Waals surface area contributed by atoms with Crippen LogP contribution in [0.1, 0.15) is 37.7 Å². The SMILES string of the molecule is NC(CCC(=O)O)C(=O)NC(CC(=O)O)C(=O)NC(Cc1c[nH]c2ccccc12)C(=O)NC(CCC(=O)O)C(=O)O. The monoisotopic (exact) mass is 577 g/mol. The van der Waals surface area contributed by atoms with Crippen molar-refractivity contribution in [2.24, 2.45) is 5.73 Å². The number of aromatic nitrogens is 1. The third-order valence-electron chi connectivity index (χ3n) is 6.01. The Morgan fingerprint density at radius 1 is 0.732 bits per heavy atom. The summed E-state index contributed by atoms with van der Waals surface area (Å²) in [5.74, 6) is -8.61. The standard InChI is InChI=1S/C25H31N5O11/c26-14(5-7-19(31)32)22(37)29-18(10-21(35)36)24(39)30-17(9-12-11-27-15-4-2-1-3-13(12)15)23(38)28-16(25(40)41)6-8-20(33)34/h1-4,11,14,16-18,27H,5-10,26H2,(H,28,38)(H,29,37)(H,30,39)(H,31,32)(H,33,34)(H,35,36)(H,40,41). The summed E-state index contributed by atoms with van der Waals surface area (Å²) in [6.45, 7) is 0. The Kier molecular flexibility index (Phi) is 11.8. The van der Waals surface area contributed by atoms with Gasteiger partial charge in [-0.2, -0.15) is 0 Å². The van der Waals surface area contributed by atoms with Crippen molar-refractivity contribution in [2.75, 3.05) is 0 Å². The number of hydrogen-bond acceptors (Lipinski definition) is 8. The number of carboxylic acid groups (broad SMARTS) is 4. The number of benzene rings is 1. The molecule has 41 heavy (non-hydrogen) atoms. The molecule has 0 bridgehead atoms. The fraction of sp³-hybridized carbons (Fsp3) is 0.400. The molecule has 1 aromatic carbocycles. The van der Waals surface area contributed by atoms with E-state index in [-0.39, 0.29) is 12.8 Å². The average molecular weight is 578 g/mol. The molecule has 0 spiro atoms. The summed E-state index contributed by atoms with van der Waals surface area (Å²) in [6, 6.07) is 0.787. The lowest BCUT2D eigenvalue weighted by Crippen LogP contribution is -2.58. The lowest BCUT2D eigenvalue weighted by Gasteiger charge is -2.24. The van der Waals surface area contributed by atoms with Crippen molar-refractivity contribution in [3.8, 4) is 0 Å². The van der Waals surface area contributed by atoms with Gasteiger partial charge in [-0.15, -0.1) is 0 Å². The number of rotatable bonds is 17. The second-order valence-corrected chi connectivity index (χ2v) is 9.15. The molecule has 0 radical (unpaired) electrons. The van der Waals surface area contributed by atoms with Crippen LogP contribution in [0, 0.1) is 0 Å². The highest BCUT2D eigenvalue weighted by molar-refractivity contribution is 5.96. The molecule has 1 heterocycles. The van der Waals surface area contributed by atoms with E-state index in [9.17, 15) is 43.8 Å². The van der Waals surface area contributed by atoms with Crippen LogP contribution in [0.3, 0.4) is 0 Å². The molecular weight excluding hydrogens is 546 g/mol. The van der Waals surface area contributed by atoms with Gasteiger partial charge in [-0.3, -0.25) is 28.8 Å². The van der Waals surface area contributed by atoms with Gasteiger partial charge < -0.3 is 47.1 Å². The molecule has 0 saturated carbocycles. The summed E-state index contributed by atoms with van der Waals surface area (Å²) in [7, 11) is 0. The van der Waals surface area contributed by atoms with Crippen molar-refractivity contribution < 1.29 is 54.0 Å². The number of amides is 3. The Morgan fingerprint density at radius 3 is 1.90 bits per heavy atom. The molecule has 2 rings (SSSR count). The number of nitrogens with one attached hydrogen (secondary N) is 4. The quantitative estimate of drug-likeness (QED) is 0.107. The number of nitrogens with two attached hydrogens (primary N) is 1. The van der Waals surface area contributed by atoms with E-state index in [0.717, 1.165) is 0 Å². The van der Waals surface area contributed by atoms with Crippen LogP contribution in [0.5, 0.6) is 0 Å². The summed E-state index contributed by atoms with van der Waals surface area (Å²) in [5, 5.41) is 43.8. The zero-order valence-corrected chi connectivity index (χ0v) is 21.7. The number of carbonyl (C=O) groups excluding carboxylic acids is 3. The zero-order valence-electron chi connectivity index (χ0n) is 21.7. The van der Waals surface area contributed by atoms with Crippen molar-refractivity contribution >= 4 is 52.5 Å². The van der Waals surface area contributed by atoms with E-state index >= 15 is 0 Å². The second-order valence-electron chi connectivity index (χ2n) is 9.15. The van der Waals surface area contributed by atoms with Gasteiger partial charge in [0.1, 0.15) is 18.1 Å². The summed E-state index contributed by atoms with van der Waals surface area (Å²) in [4.78, 5) is 86.5. The smallest absolute Gasteiger partial charge is 0.326 e. The molecule has 0 aliphatic rings. The van der Waals surface area contributed by atoms with E-state index in [1.54, 1.807) is 30.5 Å². The molecule has 1 aromatic heterocycles. The van der Waals surface area contributed by atoms with Crippen LogP contribution in [-0.2, 0) is 40.0 Å². The number of carboxylic acids is 4. The fourth-order valence-electron chi connectivity index (χ4n) is 3.87. The molecule has 4 unspecified atom stereocenters. The number of aliphatic carboxylic acids is 4. The Hall–Kier alpha value is -4.99. The first-order valence-electron chi connectivity index (χ1n) is 12.4. The maximum atomic E-state index is 13.2. The van der Waals surface area contributed by atoms with Crippen molar-refractivity contribution in [1.29, 1.82) is 0 Å². The first-order valence-corrected chi connectivity index (χ1v) is 12.4. The van der Waals surface area contributed by atoms with E-state index in [4.69, 9.17) is 15.9 Å². The van der Waals surface area contributed by atoms with E-state index < -0.39 is 91.4 Å². The highest BCUT2D eigenvalue weighted by Crippen LogP contribution is 2.19. The summed E-state index contributed by atoms with van der Waals surface area (Å²) in [5.41, 5.74) is 6.88. The molecule has 2 aromatic rings. The molecule has 222 valence electrons. The minimum absolute atomic E-state index is 0.196. The Morgan fingerprint density at radius 2 is 1.29 bits per heavy atom. The lowest BCUT2D eigenvalue weighted by atomic mass is 10.0. The van der Waals surface area contributed by atoms with Gasteiger partial charge in [-0.25, -0.2) is 4.79 Å². The van der Waals surface area contributed by atoms with E-state index in [2.05, 4.69) is 20.9 Å². The van der Waals surface area contributed by atoms with Crippen LogP contribution < -0.4 is 21.7 Å². The molecule has 16 nitrogen and oxygen atoms in total. The van der Waals surface area contributed by atoms with Gasteiger partial charge >= 0.3 is 23.9 Å². The zero-order chi connectivity index (χ0) is 30.7. The Balaban J connectivity index is 2.31. The fourth-order valence-corrected chi connectivity index (χ4v) is 3.87. The highest BCUT2D eigenvalue weighted by atomic mass is 16.4. The average Bonchev–Trinajstić information content (AvgIpc) is 3.30. The first-order chi connectivity index (χ1) is 19.3. The van der Waals surface area contributed by atoms with E-state index in [1.807, 2.05) is 0 Å². The number of para-hydroxylation sites is 1. The van der Waals surface area contributed by atoms with Crippen LogP contribution in [0.15, 0.2) is 30.5 Å². The normalized spacial score (nSPS) is 13.8. The van der Waals surface area contributed by atoms with Gasteiger partial charge in [0, 0.05) is 36.4 Å². The predicted octanol–water partition coefficient (Wildman–Crippen LogP) is -1.22. The van der Waals surface area contributed by atoms with Crippen molar-refractivity contribution in [3.63, 3.8) is 0 Å². The Bertz CT molecular complexity index is 1310. The van der Waals surface area contributed by atoms with Gasteiger partial charge in [0.15, 0.2) is 0 Å². The van der Waals surface area contributed by atoms with Gasteiger partial charge in [0.2, 0.25) is 17.7 Å². The minimum Gasteiger partial charge on any atom is -0.481 e. The molecule has 4 atom stereocenters. The summed E-state index contributed by atoms with van der Waals surface area (Å²) < 4.78 is 0. The van der Waals surface area contributed by atoms with Crippen LogP contribution in [-0.4, -0.2) is 91.2 Å². The Labute approximate surface area is 232 Å². The maximum absolute atomic E-state index is 13.2. The predicted molar refractivity (Wildman–Crippen MR) is 139 cm³/mol. The van der Waals surface area contributed by atoms with E-state index in [0.29, 0.717) is 16.5 Å². The largest absolute Gasteiger partial charge is 0.481 e. The van der Waals surface area contributed by atoms with Crippen LogP contribution in [0.4, 0.5) is 0 Å². The molecule has 0 aliphatic carbocycles.